The molecule has 1 amide bonds. The predicted molar refractivity (Wildman–Crippen MR) is 145 cm³/mol. The number of halogens is 1. The summed E-state index contributed by atoms with van der Waals surface area (Å²) in [5.41, 5.74) is 2.52. The molecule has 0 spiro atoms. The van der Waals surface area contributed by atoms with Crippen molar-refractivity contribution in [2.45, 2.75) is 35.3 Å². The number of ketones is 1. The van der Waals surface area contributed by atoms with Crippen LogP contribution in [0, 0.1) is 0 Å². The number of benzene rings is 2. The number of hydrogen-bond acceptors (Lipinski definition) is 7. The van der Waals surface area contributed by atoms with Crippen molar-refractivity contribution in [3.05, 3.63) is 107 Å². The Hall–Kier alpha value is -3.46. The Labute approximate surface area is 229 Å². The van der Waals surface area contributed by atoms with Crippen LogP contribution in [0.4, 0.5) is 0 Å². The van der Waals surface area contributed by atoms with Crippen LogP contribution in [0.5, 0.6) is 0 Å². The number of alkyl halides is 1. The maximum absolute atomic E-state index is 13.9. The minimum atomic E-state index is -1.59. The minimum absolute atomic E-state index is 0.375. The molecule has 2 aliphatic rings. The number of β-lactam (4-membered cyclic amide) rings is 1. The van der Waals surface area contributed by atoms with Gasteiger partial charge in [0, 0.05) is 6.20 Å². The molecule has 3 heterocycles. The fourth-order valence-corrected chi connectivity index (χ4v) is 6.72. The first-order chi connectivity index (χ1) is 18.3. The summed E-state index contributed by atoms with van der Waals surface area (Å²) in [7, 11) is 0. The Morgan fingerprint density at radius 2 is 1.68 bits per heavy atom. The molecule has 0 aliphatic carbocycles. The lowest BCUT2D eigenvalue weighted by Crippen LogP contribution is -2.62. The second kappa shape index (κ2) is 10.7. The maximum Gasteiger partial charge on any atom is 0.331 e. The van der Waals surface area contributed by atoms with Crippen LogP contribution in [0.1, 0.15) is 29.8 Å². The molecule has 194 valence electrons. The van der Waals surface area contributed by atoms with Gasteiger partial charge >= 0.3 is 5.97 Å². The van der Waals surface area contributed by atoms with Crippen molar-refractivity contribution in [2.75, 3.05) is 5.88 Å². The van der Waals surface area contributed by atoms with Crippen molar-refractivity contribution < 1.29 is 24.2 Å². The van der Waals surface area contributed by atoms with Crippen LogP contribution >= 0.6 is 23.4 Å². The number of rotatable bonds is 8. The fraction of sp³-hybridized carbons (Fsp3) is 0.241. The smallest absolute Gasteiger partial charge is 0.331 e. The first-order valence-electron chi connectivity index (χ1n) is 12.1. The lowest BCUT2D eigenvalue weighted by atomic mass is 9.88. The summed E-state index contributed by atoms with van der Waals surface area (Å²) in [6.07, 6.45) is 0.940. The Balaban J connectivity index is 1.51. The number of pyridine rings is 1. The number of aliphatic hydroxyl groups excluding tert-OH is 1. The molecule has 3 unspecified atom stereocenters. The average Bonchev–Trinajstić information content (AvgIpc) is 3.25. The molecule has 2 saturated heterocycles. The third-order valence-corrected chi connectivity index (χ3v) is 8.74. The second-order valence-corrected chi connectivity index (χ2v) is 11.1. The van der Waals surface area contributed by atoms with Crippen molar-refractivity contribution in [1.82, 2.24) is 9.88 Å². The Bertz CT molecular complexity index is 1330. The molecule has 0 bridgehead atoms. The number of amides is 1. The molecule has 2 fully saturated rings. The highest BCUT2D eigenvalue weighted by Crippen LogP contribution is 2.55. The number of carbonyl (C=O) groups excluding carboxylic acids is 3. The van der Waals surface area contributed by atoms with Crippen LogP contribution in [0.25, 0.3) is 6.08 Å². The van der Waals surface area contributed by atoms with E-state index in [1.807, 2.05) is 66.7 Å². The van der Waals surface area contributed by atoms with Gasteiger partial charge in [-0.25, -0.2) is 4.79 Å². The summed E-state index contributed by atoms with van der Waals surface area (Å²) >= 11 is 6.96. The highest BCUT2D eigenvalue weighted by Gasteiger charge is 2.66. The first-order valence-corrected chi connectivity index (χ1v) is 13.5. The number of aromatic nitrogens is 1. The molecule has 1 aromatic heterocycles. The zero-order chi connectivity index (χ0) is 26.9. The van der Waals surface area contributed by atoms with Crippen LogP contribution < -0.4 is 0 Å². The van der Waals surface area contributed by atoms with Gasteiger partial charge in [0.05, 0.1) is 21.9 Å². The van der Waals surface area contributed by atoms with E-state index in [4.69, 9.17) is 16.3 Å². The number of hydrogen-bond donors (Lipinski definition) is 1. The summed E-state index contributed by atoms with van der Waals surface area (Å²) in [6, 6.07) is 22.7. The van der Waals surface area contributed by atoms with E-state index in [2.05, 4.69) is 4.98 Å². The summed E-state index contributed by atoms with van der Waals surface area (Å²) in [5.74, 6) is -2.15. The van der Waals surface area contributed by atoms with Crippen LogP contribution in [0.15, 0.2) is 90.6 Å². The van der Waals surface area contributed by atoms with Gasteiger partial charge in [-0.2, -0.15) is 0 Å². The van der Waals surface area contributed by atoms with Gasteiger partial charge in [0.25, 0.3) is 5.91 Å². The Kier molecular flexibility index (Phi) is 7.38. The van der Waals surface area contributed by atoms with Gasteiger partial charge in [-0.15, -0.1) is 23.4 Å². The maximum atomic E-state index is 13.9. The van der Waals surface area contributed by atoms with Crippen LogP contribution in [0.2, 0.25) is 0 Å². The van der Waals surface area contributed by atoms with E-state index >= 15 is 0 Å². The number of esters is 1. The van der Waals surface area contributed by atoms with E-state index in [0.717, 1.165) is 11.1 Å². The van der Waals surface area contributed by atoms with Crippen LogP contribution in [-0.4, -0.2) is 60.8 Å². The monoisotopic (exact) mass is 548 g/mol. The lowest BCUT2D eigenvalue weighted by molar-refractivity contribution is -0.162. The van der Waals surface area contributed by atoms with Gasteiger partial charge in [0.2, 0.25) is 0 Å². The van der Waals surface area contributed by atoms with E-state index < -0.39 is 46.0 Å². The van der Waals surface area contributed by atoms with Crippen molar-refractivity contribution in [1.29, 1.82) is 0 Å². The SMILES string of the molecule is CC1(C(O)C(=O)CCl)SC2/C(=C\c3ccccn3)C(=O)N2[C@H]1C(=O)OC(c1ccccc1)c1ccccc1. The highest BCUT2D eigenvalue weighted by molar-refractivity contribution is 8.02. The van der Waals surface area contributed by atoms with Gasteiger partial charge < -0.3 is 14.7 Å². The lowest BCUT2D eigenvalue weighted by Gasteiger charge is -2.40. The summed E-state index contributed by atoms with van der Waals surface area (Å²) in [6.45, 7) is 1.60. The molecule has 0 saturated carbocycles. The highest BCUT2D eigenvalue weighted by atomic mass is 35.5. The molecule has 3 aromatic rings. The van der Waals surface area contributed by atoms with Gasteiger partial charge in [0.1, 0.15) is 17.5 Å². The largest absolute Gasteiger partial charge is 0.451 e. The van der Waals surface area contributed by atoms with Crippen molar-refractivity contribution in [3.63, 3.8) is 0 Å². The van der Waals surface area contributed by atoms with Crippen LogP contribution in [0.3, 0.4) is 0 Å². The molecule has 5 rings (SSSR count). The van der Waals surface area contributed by atoms with Crippen molar-refractivity contribution in [3.8, 4) is 0 Å². The Morgan fingerprint density at radius 3 is 2.24 bits per heavy atom. The number of carbonyl (C=O) groups is 3. The molecule has 1 N–H and O–H groups in total. The van der Waals surface area contributed by atoms with Gasteiger partial charge in [-0.1, -0.05) is 66.7 Å². The second-order valence-electron chi connectivity index (χ2n) is 9.26. The molecule has 2 aromatic carbocycles. The number of Topliss-reactive ketones (excluding diaryl/α,β-unsaturated/α-hetero) is 1. The van der Waals surface area contributed by atoms with E-state index in [9.17, 15) is 19.5 Å². The summed E-state index contributed by atoms with van der Waals surface area (Å²) < 4.78 is 4.70. The fourth-order valence-electron chi connectivity index (χ4n) is 4.87. The van der Waals surface area contributed by atoms with Crippen molar-refractivity contribution >= 4 is 47.1 Å². The van der Waals surface area contributed by atoms with E-state index in [0.29, 0.717) is 11.3 Å². The summed E-state index contributed by atoms with van der Waals surface area (Å²) in [4.78, 5) is 45.5. The Morgan fingerprint density at radius 1 is 1.08 bits per heavy atom. The number of ether oxygens (including phenoxy) is 1. The topological polar surface area (TPSA) is 96.8 Å². The third kappa shape index (κ3) is 4.64. The summed E-state index contributed by atoms with van der Waals surface area (Å²) in [5, 5.41) is 10.5. The number of thioether (sulfide) groups is 1. The van der Waals surface area contributed by atoms with E-state index in [1.54, 1.807) is 31.3 Å². The molecular formula is C29H25ClN2O5S. The molecule has 2 aliphatic heterocycles. The third-order valence-electron chi connectivity index (χ3n) is 6.82. The predicted octanol–water partition coefficient (Wildman–Crippen LogP) is 4.01. The number of fused-ring (bicyclic) bond motifs is 1. The number of aliphatic hydroxyl groups is 1. The van der Waals surface area contributed by atoms with Gasteiger partial charge in [-0.05, 0) is 36.3 Å². The quantitative estimate of drug-likeness (QED) is 0.197. The van der Waals surface area contributed by atoms with Gasteiger partial charge in [0.15, 0.2) is 11.9 Å². The number of nitrogens with zero attached hydrogens (tertiary/aromatic N) is 2. The molecule has 38 heavy (non-hydrogen) atoms. The van der Waals surface area contributed by atoms with Gasteiger partial charge in [-0.3, -0.25) is 14.6 Å². The molecule has 0 radical (unpaired) electrons. The standard InChI is InChI=1S/C29H25ClN2O5S/c1-29(25(34)22(33)17-30)24(32-26(35)21(27(32)38-29)16-20-14-8-9-15-31-20)28(36)37-23(18-10-4-2-5-11-18)19-12-6-3-7-13-19/h2-16,23-25,27,34H,17H2,1H3/b21-16-/t24-,25?,27?,29?/m0/s1. The van der Waals surface area contributed by atoms with E-state index in [1.165, 1.54) is 16.7 Å². The zero-order valence-corrected chi connectivity index (χ0v) is 22.0. The minimum Gasteiger partial charge on any atom is -0.451 e. The zero-order valence-electron chi connectivity index (χ0n) is 20.4. The van der Waals surface area contributed by atoms with Crippen molar-refractivity contribution in [2.24, 2.45) is 0 Å². The molecule has 9 heteroatoms. The van der Waals surface area contributed by atoms with E-state index in [-0.39, 0.29) is 5.91 Å². The molecule has 7 nitrogen and oxygen atoms in total. The molecule has 4 atom stereocenters. The van der Waals surface area contributed by atoms with Crippen LogP contribution in [-0.2, 0) is 19.1 Å². The first kappa shape index (κ1) is 26.2. The average molecular weight is 549 g/mol. The normalized spacial score (nSPS) is 24.2. The molecular weight excluding hydrogens is 524 g/mol.